The Morgan fingerprint density at radius 3 is 2.80 bits per heavy atom. The zero-order valence-electron chi connectivity index (χ0n) is 11.5. The minimum Gasteiger partial charge on any atom is -0.480 e. The van der Waals surface area contributed by atoms with Gasteiger partial charge in [-0.2, -0.15) is 0 Å². The fourth-order valence-electron chi connectivity index (χ4n) is 2.05. The van der Waals surface area contributed by atoms with Gasteiger partial charge in [-0.15, -0.1) is 0 Å². The molecule has 110 valence electrons. The molecule has 0 aliphatic carbocycles. The van der Waals surface area contributed by atoms with E-state index in [0.717, 1.165) is 10.0 Å². The van der Waals surface area contributed by atoms with E-state index in [1.165, 1.54) is 0 Å². The van der Waals surface area contributed by atoms with Crippen LogP contribution in [0.15, 0.2) is 22.7 Å². The number of carbonyl (C=O) groups excluding carboxylic acids is 1. The second kappa shape index (κ2) is 7.06. The Morgan fingerprint density at radius 1 is 1.50 bits per heavy atom. The second-order valence-corrected chi connectivity index (χ2v) is 5.52. The van der Waals surface area contributed by atoms with Crippen LogP contribution in [0.1, 0.15) is 12.5 Å². The van der Waals surface area contributed by atoms with E-state index in [0.29, 0.717) is 38.6 Å². The first kappa shape index (κ1) is 15.3. The lowest BCUT2D eigenvalue weighted by atomic mass is 10.2. The molecule has 1 atom stereocenters. The molecule has 1 saturated heterocycles. The third kappa shape index (κ3) is 3.71. The maximum absolute atomic E-state index is 12.2. The van der Waals surface area contributed by atoms with Gasteiger partial charge in [-0.1, -0.05) is 6.07 Å². The van der Waals surface area contributed by atoms with Crippen LogP contribution < -0.4 is 10.5 Å². The number of nitrogens with two attached hydrogens (primary N) is 1. The standard InChI is InChI=1S/C14H19BrN2O3/c1-10(14(18)17-4-6-19-7-5-17)20-13-3-2-11(9-16)8-12(13)15/h2-3,8,10H,4-7,9,16H2,1H3. The first-order valence-corrected chi connectivity index (χ1v) is 7.43. The predicted molar refractivity (Wildman–Crippen MR) is 79.5 cm³/mol. The van der Waals surface area contributed by atoms with Gasteiger partial charge in [-0.05, 0) is 40.5 Å². The molecule has 20 heavy (non-hydrogen) atoms. The number of halogens is 1. The van der Waals surface area contributed by atoms with Crippen LogP contribution in [0.2, 0.25) is 0 Å². The minimum atomic E-state index is -0.520. The summed E-state index contributed by atoms with van der Waals surface area (Å²) in [5, 5.41) is 0. The van der Waals surface area contributed by atoms with E-state index in [1.807, 2.05) is 18.2 Å². The fourth-order valence-corrected chi connectivity index (χ4v) is 2.57. The molecule has 1 unspecified atom stereocenters. The molecule has 1 aromatic carbocycles. The van der Waals surface area contributed by atoms with Gasteiger partial charge < -0.3 is 20.1 Å². The highest BCUT2D eigenvalue weighted by Crippen LogP contribution is 2.27. The zero-order chi connectivity index (χ0) is 14.5. The number of hydrogen-bond donors (Lipinski definition) is 1. The van der Waals surface area contributed by atoms with Crippen molar-refractivity contribution in [2.75, 3.05) is 26.3 Å². The Labute approximate surface area is 127 Å². The molecular formula is C14H19BrN2O3. The first-order valence-electron chi connectivity index (χ1n) is 6.63. The molecule has 5 nitrogen and oxygen atoms in total. The summed E-state index contributed by atoms with van der Waals surface area (Å²) in [7, 11) is 0. The highest BCUT2D eigenvalue weighted by molar-refractivity contribution is 9.10. The number of carbonyl (C=O) groups is 1. The Kier molecular flexibility index (Phi) is 5.39. The highest BCUT2D eigenvalue weighted by atomic mass is 79.9. The average Bonchev–Trinajstić information content (AvgIpc) is 2.49. The minimum absolute atomic E-state index is 0.0110. The van der Waals surface area contributed by atoms with Crippen molar-refractivity contribution in [3.8, 4) is 5.75 Å². The zero-order valence-corrected chi connectivity index (χ0v) is 13.1. The van der Waals surface area contributed by atoms with Crippen molar-refractivity contribution in [3.05, 3.63) is 28.2 Å². The number of amides is 1. The van der Waals surface area contributed by atoms with Crippen molar-refractivity contribution in [1.29, 1.82) is 0 Å². The van der Waals surface area contributed by atoms with Gasteiger partial charge in [0.05, 0.1) is 17.7 Å². The molecule has 2 N–H and O–H groups in total. The van der Waals surface area contributed by atoms with Gasteiger partial charge >= 0.3 is 0 Å². The Bertz CT molecular complexity index is 475. The summed E-state index contributed by atoms with van der Waals surface area (Å²) in [6, 6.07) is 5.63. The Hall–Kier alpha value is -1.11. The van der Waals surface area contributed by atoms with E-state index < -0.39 is 6.10 Å². The topological polar surface area (TPSA) is 64.8 Å². The lowest BCUT2D eigenvalue weighted by Crippen LogP contribution is -2.46. The van der Waals surface area contributed by atoms with Crippen LogP contribution in [0.3, 0.4) is 0 Å². The van der Waals surface area contributed by atoms with Crippen molar-refractivity contribution in [1.82, 2.24) is 4.90 Å². The lowest BCUT2D eigenvalue weighted by molar-refractivity contribution is -0.142. The van der Waals surface area contributed by atoms with Gasteiger partial charge in [0.25, 0.3) is 5.91 Å². The van der Waals surface area contributed by atoms with Crippen LogP contribution in [0.4, 0.5) is 0 Å². The van der Waals surface area contributed by atoms with E-state index in [2.05, 4.69) is 15.9 Å². The van der Waals surface area contributed by atoms with E-state index >= 15 is 0 Å². The third-order valence-corrected chi connectivity index (χ3v) is 3.83. The van der Waals surface area contributed by atoms with Crippen molar-refractivity contribution in [3.63, 3.8) is 0 Å². The molecule has 0 aromatic heterocycles. The largest absolute Gasteiger partial charge is 0.480 e. The quantitative estimate of drug-likeness (QED) is 0.901. The molecule has 0 bridgehead atoms. The molecule has 1 aromatic rings. The summed E-state index contributed by atoms with van der Waals surface area (Å²) in [4.78, 5) is 14.0. The number of rotatable bonds is 4. The van der Waals surface area contributed by atoms with Gasteiger partial charge in [0.15, 0.2) is 6.10 Å². The predicted octanol–water partition coefficient (Wildman–Crippen LogP) is 1.53. The maximum Gasteiger partial charge on any atom is 0.263 e. The Balaban J connectivity index is 1.99. The smallest absolute Gasteiger partial charge is 0.263 e. The highest BCUT2D eigenvalue weighted by Gasteiger charge is 2.24. The molecule has 1 fully saturated rings. The van der Waals surface area contributed by atoms with Crippen molar-refractivity contribution < 1.29 is 14.3 Å². The van der Waals surface area contributed by atoms with Crippen molar-refractivity contribution in [2.24, 2.45) is 5.73 Å². The van der Waals surface area contributed by atoms with E-state index in [1.54, 1.807) is 11.8 Å². The second-order valence-electron chi connectivity index (χ2n) is 4.67. The molecule has 1 amide bonds. The van der Waals surface area contributed by atoms with E-state index in [4.69, 9.17) is 15.2 Å². The number of hydrogen-bond acceptors (Lipinski definition) is 4. The SMILES string of the molecule is CC(Oc1ccc(CN)cc1Br)C(=O)N1CCOCC1. The lowest BCUT2D eigenvalue weighted by Gasteiger charge is -2.29. The van der Waals surface area contributed by atoms with Crippen molar-refractivity contribution >= 4 is 21.8 Å². The van der Waals surface area contributed by atoms with Crippen LogP contribution >= 0.6 is 15.9 Å². The Morgan fingerprint density at radius 2 is 2.20 bits per heavy atom. The van der Waals surface area contributed by atoms with Gasteiger partial charge in [-0.3, -0.25) is 4.79 Å². The molecule has 1 aliphatic rings. The molecule has 0 radical (unpaired) electrons. The van der Waals surface area contributed by atoms with Gasteiger partial charge in [0.1, 0.15) is 5.75 Å². The van der Waals surface area contributed by atoms with Crippen LogP contribution in [0.5, 0.6) is 5.75 Å². The molecule has 2 rings (SSSR count). The molecule has 1 aliphatic heterocycles. The first-order chi connectivity index (χ1) is 9.61. The summed E-state index contributed by atoms with van der Waals surface area (Å²) < 4.78 is 11.8. The van der Waals surface area contributed by atoms with Crippen LogP contribution in [-0.2, 0) is 16.1 Å². The molecular weight excluding hydrogens is 324 g/mol. The van der Waals surface area contributed by atoms with Crippen LogP contribution in [-0.4, -0.2) is 43.2 Å². The summed E-state index contributed by atoms with van der Waals surface area (Å²) in [6.45, 7) is 4.67. The van der Waals surface area contributed by atoms with Gasteiger partial charge in [-0.25, -0.2) is 0 Å². The molecule has 0 saturated carbocycles. The average molecular weight is 343 g/mol. The summed E-state index contributed by atoms with van der Waals surface area (Å²) in [5.41, 5.74) is 6.59. The maximum atomic E-state index is 12.2. The number of nitrogens with zero attached hydrogens (tertiary/aromatic N) is 1. The van der Waals surface area contributed by atoms with E-state index in [9.17, 15) is 4.79 Å². The van der Waals surface area contributed by atoms with Gasteiger partial charge in [0.2, 0.25) is 0 Å². The molecule has 1 heterocycles. The van der Waals surface area contributed by atoms with Crippen LogP contribution in [0.25, 0.3) is 0 Å². The monoisotopic (exact) mass is 342 g/mol. The van der Waals surface area contributed by atoms with Gasteiger partial charge in [0, 0.05) is 19.6 Å². The summed E-state index contributed by atoms with van der Waals surface area (Å²) in [5.74, 6) is 0.638. The number of benzene rings is 1. The summed E-state index contributed by atoms with van der Waals surface area (Å²) >= 11 is 3.44. The normalized spacial score (nSPS) is 16.9. The van der Waals surface area contributed by atoms with Crippen molar-refractivity contribution in [2.45, 2.75) is 19.6 Å². The molecule has 6 heteroatoms. The molecule has 0 spiro atoms. The fraction of sp³-hybridized carbons (Fsp3) is 0.500. The summed E-state index contributed by atoms with van der Waals surface area (Å²) in [6.07, 6.45) is -0.520. The van der Waals surface area contributed by atoms with E-state index in [-0.39, 0.29) is 5.91 Å². The van der Waals surface area contributed by atoms with Crippen LogP contribution in [0, 0.1) is 0 Å². The number of morpholine rings is 1. The number of ether oxygens (including phenoxy) is 2. The third-order valence-electron chi connectivity index (χ3n) is 3.21.